The molecule has 0 unspecified atom stereocenters. The molecule has 0 fully saturated rings. The van der Waals surface area contributed by atoms with Crippen LogP contribution >= 0.6 is 0 Å². The molecular weight excluding hydrogens is 567 g/mol. The van der Waals surface area contributed by atoms with E-state index in [0.29, 0.717) is 0 Å². The van der Waals surface area contributed by atoms with Gasteiger partial charge in [-0.2, -0.15) is 0 Å². The number of hydrogen-bond acceptors (Lipinski definition) is 0. The standard InChI is InChI=1S/C46H53N/c1-43(2,3)33-19-17-29(18-20-33)42-41(39-25-30-15-13-14-16-31(30)26-40(39)47-42)37-22-21-34(44(4,5)6)28-38(37)32-23-35(45(7,8)9)27-36(24-32)46(10,11)12/h13-28,47H,1-12H3. The molecule has 0 aliphatic rings. The van der Waals surface area contributed by atoms with E-state index in [2.05, 4.69) is 185 Å². The summed E-state index contributed by atoms with van der Waals surface area (Å²) in [5.74, 6) is 0. The van der Waals surface area contributed by atoms with E-state index >= 15 is 0 Å². The summed E-state index contributed by atoms with van der Waals surface area (Å²) in [6.45, 7) is 27.8. The van der Waals surface area contributed by atoms with Crippen LogP contribution in [0.1, 0.15) is 105 Å². The highest BCUT2D eigenvalue weighted by Gasteiger charge is 2.26. The van der Waals surface area contributed by atoms with E-state index in [0.717, 1.165) is 0 Å². The lowest BCUT2D eigenvalue weighted by Gasteiger charge is -2.27. The van der Waals surface area contributed by atoms with Gasteiger partial charge < -0.3 is 4.98 Å². The zero-order valence-corrected chi connectivity index (χ0v) is 30.7. The topological polar surface area (TPSA) is 15.8 Å². The Morgan fingerprint density at radius 1 is 0.404 bits per heavy atom. The average Bonchev–Trinajstić information content (AvgIpc) is 3.35. The number of H-pyrrole nitrogens is 1. The van der Waals surface area contributed by atoms with Crippen LogP contribution in [0.15, 0.2) is 97.1 Å². The van der Waals surface area contributed by atoms with Crippen LogP contribution < -0.4 is 0 Å². The highest BCUT2D eigenvalue weighted by Crippen LogP contribution is 2.46. The Hall–Kier alpha value is -4.10. The number of benzene rings is 5. The Labute approximate surface area is 283 Å². The third-order valence-electron chi connectivity index (χ3n) is 9.84. The molecule has 47 heavy (non-hydrogen) atoms. The van der Waals surface area contributed by atoms with E-state index in [1.807, 2.05) is 0 Å². The van der Waals surface area contributed by atoms with Crippen LogP contribution in [0.3, 0.4) is 0 Å². The fraction of sp³-hybridized carbons (Fsp3) is 0.348. The molecule has 0 amide bonds. The summed E-state index contributed by atoms with van der Waals surface area (Å²) >= 11 is 0. The number of fused-ring (bicyclic) bond motifs is 2. The molecule has 1 heteroatoms. The summed E-state index contributed by atoms with van der Waals surface area (Å²) in [5.41, 5.74) is 14.2. The van der Waals surface area contributed by atoms with Gasteiger partial charge in [0, 0.05) is 16.5 Å². The van der Waals surface area contributed by atoms with Crippen LogP contribution in [0.4, 0.5) is 0 Å². The van der Waals surface area contributed by atoms with Crippen molar-refractivity contribution in [2.45, 2.75) is 105 Å². The van der Waals surface area contributed by atoms with E-state index in [1.54, 1.807) is 0 Å². The molecule has 0 aliphatic carbocycles. The SMILES string of the molecule is CC(C)(C)c1ccc(-c2[nH]c3cc4ccccc4cc3c2-c2ccc(C(C)(C)C)cc2-c2cc(C(C)(C)C)cc(C(C)(C)C)c2)cc1. The quantitative estimate of drug-likeness (QED) is 0.203. The predicted molar refractivity (Wildman–Crippen MR) is 207 cm³/mol. The number of aromatic nitrogens is 1. The van der Waals surface area contributed by atoms with Crippen LogP contribution in [0.25, 0.3) is 55.2 Å². The van der Waals surface area contributed by atoms with Gasteiger partial charge in [0.25, 0.3) is 0 Å². The lowest BCUT2D eigenvalue weighted by Crippen LogP contribution is -2.16. The number of aromatic amines is 1. The van der Waals surface area contributed by atoms with Crippen molar-refractivity contribution in [3.63, 3.8) is 0 Å². The second kappa shape index (κ2) is 11.3. The van der Waals surface area contributed by atoms with Gasteiger partial charge in [-0.15, -0.1) is 0 Å². The first kappa shape index (κ1) is 32.8. The van der Waals surface area contributed by atoms with Gasteiger partial charge in [0.2, 0.25) is 0 Å². The fourth-order valence-corrected chi connectivity index (χ4v) is 6.63. The molecule has 6 rings (SSSR count). The van der Waals surface area contributed by atoms with Gasteiger partial charge in [0.05, 0.1) is 5.69 Å². The van der Waals surface area contributed by atoms with Gasteiger partial charge in [-0.05, 0) is 95.1 Å². The van der Waals surface area contributed by atoms with Crippen molar-refractivity contribution < 1.29 is 0 Å². The largest absolute Gasteiger partial charge is 0.354 e. The first-order valence-corrected chi connectivity index (χ1v) is 17.3. The van der Waals surface area contributed by atoms with Crippen LogP contribution in [0, 0.1) is 0 Å². The zero-order chi connectivity index (χ0) is 34.1. The van der Waals surface area contributed by atoms with Crippen molar-refractivity contribution in [3.8, 4) is 33.5 Å². The van der Waals surface area contributed by atoms with Gasteiger partial charge in [-0.25, -0.2) is 0 Å². The Bertz CT molecular complexity index is 2060. The first-order valence-electron chi connectivity index (χ1n) is 17.3. The Balaban J connectivity index is 1.73. The molecule has 5 aromatic carbocycles. The third-order valence-corrected chi connectivity index (χ3v) is 9.84. The van der Waals surface area contributed by atoms with Crippen molar-refractivity contribution in [3.05, 3.63) is 119 Å². The van der Waals surface area contributed by atoms with E-state index in [9.17, 15) is 0 Å². The molecule has 0 radical (unpaired) electrons. The van der Waals surface area contributed by atoms with Crippen LogP contribution in [0.5, 0.6) is 0 Å². The van der Waals surface area contributed by atoms with E-state index in [4.69, 9.17) is 0 Å². The molecule has 1 heterocycles. The van der Waals surface area contributed by atoms with Crippen LogP contribution in [-0.2, 0) is 21.7 Å². The highest BCUT2D eigenvalue weighted by molar-refractivity contribution is 6.11. The molecule has 0 aliphatic heterocycles. The predicted octanol–water partition coefficient (Wildman–Crippen LogP) is 13.5. The molecule has 0 saturated heterocycles. The molecule has 242 valence electrons. The highest BCUT2D eigenvalue weighted by atomic mass is 14.7. The number of nitrogens with one attached hydrogen (secondary N) is 1. The van der Waals surface area contributed by atoms with Crippen molar-refractivity contribution in [1.29, 1.82) is 0 Å². The van der Waals surface area contributed by atoms with Crippen molar-refractivity contribution in [2.75, 3.05) is 0 Å². The molecule has 0 atom stereocenters. The molecule has 6 aromatic rings. The van der Waals surface area contributed by atoms with Crippen molar-refractivity contribution in [2.24, 2.45) is 0 Å². The van der Waals surface area contributed by atoms with Gasteiger partial charge in [0.15, 0.2) is 0 Å². The maximum absolute atomic E-state index is 3.92. The maximum atomic E-state index is 3.92. The Kier molecular flexibility index (Phi) is 7.86. The summed E-state index contributed by atoms with van der Waals surface area (Å²) in [5, 5.41) is 3.76. The molecule has 1 nitrogen and oxygen atoms in total. The Morgan fingerprint density at radius 2 is 0.915 bits per heavy atom. The molecular formula is C46H53N. The second-order valence-electron chi connectivity index (χ2n) is 17.8. The second-order valence-corrected chi connectivity index (χ2v) is 17.8. The molecule has 1 aromatic heterocycles. The minimum Gasteiger partial charge on any atom is -0.354 e. The molecule has 0 spiro atoms. The smallest absolute Gasteiger partial charge is 0.0544 e. The maximum Gasteiger partial charge on any atom is 0.0544 e. The normalized spacial score (nSPS) is 13.1. The Morgan fingerprint density at radius 3 is 1.45 bits per heavy atom. The van der Waals surface area contributed by atoms with Crippen LogP contribution in [-0.4, -0.2) is 4.98 Å². The summed E-state index contributed by atoms with van der Waals surface area (Å²) in [4.78, 5) is 3.92. The van der Waals surface area contributed by atoms with Crippen LogP contribution in [0.2, 0.25) is 0 Å². The summed E-state index contributed by atoms with van der Waals surface area (Å²) in [6, 6.07) is 37.1. The molecule has 0 saturated carbocycles. The number of rotatable bonds is 3. The van der Waals surface area contributed by atoms with Gasteiger partial charge in [-0.1, -0.05) is 162 Å². The van der Waals surface area contributed by atoms with E-state index < -0.39 is 0 Å². The third kappa shape index (κ3) is 6.42. The van der Waals surface area contributed by atoms with E-state index in [1.165, 1.54) is 77.4 Å². The average molecular weight is 620 g/mol. The minimum absolute atomic E-state index is 0.0177. The van der Waals surface area contributed by atoms with Crippen molar-refractivity contribution in [1.82, 2.24) is 4.98 Å². The summed E-state index contributed by atoms with van der Waals surface area (Å²) in [7, 11) is 0. The summed E-state index contributed by atoms with van der Waals surface area (Å²) in [6.07, 6.45) is 0. The van der Waals surface area contributed by atoms with Gasteiger partial charge >= 0.3 is 0 Å². The lowest BCUT2D eigenvalue weighted by atomic mass is 9.77. The monoisotopic (exact) mass is 619 g/mol. The fourth-order valence-electron chi connectivity index (χ4n) is 6.63. The van der Waals surface area contributed by atoms with Gasteiger partial charge in [0.1, 0.15) is 0 Å². The lowest BCUT2D eigenvalue weighted by molar-refractivity contribution is 0.569. The first-order chi connectivity index (χ1) is 21.8. The number of hydrogen-bond donors (Lipinski definition) is 1. The van der Waals surface area contributed by atoms with Gasteiger partial charge in [-0.3, -0.25) is 0 Å². The molecule has 1 N–H and O–H groups in total. The van der Waals surface area contributed by atoms with E-state index in [-0.39, 0.29) is 21.7 Å². The zero-order valence-electron chi connectivity index (χ0n) is 30.7. The minimum atomic E-state index is 0.0177. The summed E-state index contributed by atoms with van der Waals surface area (Å²) < 4.78 is 0. The molecule has 0 bridgehead atoms. The van der Waals surface area contributed by atoms with Crippen molar-refractivity contribution >= 4 is 21.7 Å².